The van der Waals surface area contributed by atoms with Crippen molar-refractivity contribution in [3.63, 3.8) is 0 Å². The van der Waals surface area contributed by atoms with Crippen LogP contribution < -0.4 is 5.32 Å². The molecule has 0 radical (unpaired) electrons. The molecule has 1 amide bonds. The van der Waals surface area contributed by atoms with Crippen molar-refractivity contribution in [1.82, 2.24) is 10.2 Å². The lowest BCUT2D eigenvalue weighted by Crippen LogP contribution is -2.30. The van der Waals surface area contributed by atoms with E-state index in [0.717, 1.165) is 19.4 Å². The quantitative estimate of drug-likeness (QED) is 0.591. The summed E-state index contributed by atoms with van der Waals surface area (Å²) in [6, 6.07) is 0. The first-order valence-corrected chi connectivity index (χ1v) is 4.22. The molecule has 0 aliphatic carbocycles. The van der Waals surface area contributed by atoms with Crippen molar-refractivity contribution in [2.75, 3.05) is 26.7 Å². The van der Waals surface area contributed by atoms with Gasteiger partial charge in [-0.15, -0.1) is 0 Å². The summed E-state index contributed by atoms with van der Waals surface area (Å²) in [4.78, 5) is 21.3. The molecule has 1 heterocycles. The summed E-state index contributed by atoms with van der Waals surface area (Å²) < 4.78 is 5.06. The van der Waals surface area contributed by atoms with Gasteiger partial charge in [-0.1, -0.05) is 6.92 Å². The van der Waals surface area contributed by atoms with Crippen molar-refractivity contribution >= 4 is 12.7 Å². The third kappa shape index (κ3) is 4.59. The molecule has 13 heavy (non-hydrogen) atoms. The third-order valence-corrected chi connectivity index (χ3v) is 1.67. The molecule has 0 bridgehead atoms. The molecule has 1 N–H and O–H groups in total. The average Bonchev–Trinajstić information content (AvgIpc) is 2.65. The molecule has 0 aromatic rings. The first-order valence-electron chi connectivity index (χ1n) is 4.22. The summed E-state index contributed by atoms with van der Waals surface area (Å²) in [6.45, 7) is 4.49. The lowest BCUT2D eigenvalue weighted by atomic mass is 10.5. The van der Waals surface area contributed by atoms with Crippen LogP contribution in [0.5, 0.6) is 0 Å². The highest BCUT2D eigenvalue weighted by atomic mass is 16.5. The molecule has 5 nitrogen and oxygen atoms in total. The number of carbonyl (C=O) groups excluding carboxylic acids is 2. The molecule has 1 rings (SSSR count). The summed E-state index contributed by atoms with van der Waals surface area (Å²) in [5.41, 5.74) is 0. The third-order valence-electron chi connectivity index (χ3n) is 1.67. The average molecular weight is 188 g/mol. The van der Waals surface area contributed by atoms with Gasteiger partial charge in [-0.3, -0.25) is 14.5 Å². The van der Waals surface area contributed by atoms with E-state index in [9.17, 15) is 4.79 Å². The zero-order chi connectivity index (χ0) is 10.1. The molecular weight excluding hydrogens is 172 g/mol. The van der Waals surface area contributed by atoms with Crippen LogP contribution in [0.4, 0.5) is 0 Å². The highest BCUT2D eigenvalue weighted by Crippen LogP contribution is 2.05. The van der Waals surface area contributed by atoms with Crippen LogP contribution in [0, 0.1) is 0 Å². The minimum absolute atomic E-state index is 0.269. The predicted molar refractivity (Wildman–Crippen MR) is 48.2 cm³/mol. The summed E-state index contributed by atoms with van der Waals surface area (Å²) >= 11 is 0. The molecule has 0 spiro atoms. The van der Waals surface area contributed by atoms with E-state index in [0.29, 0.717) is 13.0 Å². The molecule has 0 saturated carbocycles. The van der Waals surface area contributed by atoms with Gasteiger partial charge in [0.15, 0.2) is 12.5 Å². The number of hydrogen-bond acceptors (Lipinski definition) is 4. The predicted octanol–water partition coefficient (Wildman–Crippen LogP) is -0.774. The van der Waals surface area contributed by atoms with Gasteiger partial charge >= 0.3 is 0 Å². The number of nitrogens with one attached hydrogen (secondary N) is 1. The zero-order valence-electron chi connectivity index (χ0n) is 8.03. The lowest BCUT2D eigenvalue weighted by Gasteiger charge is -2.14. The Labute approximate surface area is 78.0 Å². The van der Waals surface area contributed by atoms with Gasteiger partial charge in [0.1, 0.15) is 0 Å². The first kappa shape index (κ1) is 12.1. The molecule has 0 aromatic carbocycles. The van der Waals surface area contributed by atoms with Gasteiger partial charge in [0.05, 0.1) is 6.61 Å². The van der Waals surface area contributed by atoms with Crippen molar-refractivity contribution in [3.05, 3.63) is 0 Å². The Kier molecular flexibility index (Phi) is 7.14. The number of amides is 1. The van der Waals surface area contributed by atoms with E-state index < -0.39 is 0 Å². The van der Waals surface area contributed by atoms with E-state index in [-0.39, 0.29) is 6.23 Å². The van der Waals surface area contributed by atoms with Gasteiger partial charge in [-0.2, -0.15) is 0 Å². The van der Waals surface area contributed by atoms with Gasteiger partial charge < -0.3 is 10.1 Å². The molecular formula is C8H16N2O3. The second-order valence-electron chi connectivity index (χ2n) is 2.43. The van der Waals surface area contributed by atoms with Crippen molar-refractivity contribution in [2.24, 2.45) is 0 Å². The minimum Gasteiger partial charge on any atom is -0.362 e. The molecule has 1 atom stereocenters. The van der Waals surface area contributed by atoms with E-state index in [4.69, 9.17) is 9.53 Å². The largest absolute Gasteiger partial charge is 0.362 e. The second-order valence-corrected chi connectivity index (χ2v) is 2.43. The fourth-order valence-electron chi connectivity index (χ4n) is 0.987. The topological polar surface area (TPSA) is 58.6 Å². The Morgan fingerprint density at radius 3 is 2.54 bits per heavy atom. The van der Waals surface area contributed by atoms with Crippen LogP contribution in [-0.4, -0.2) is 50.6 Å². The number of nitrogens with zero attached hydrogens (tertiary/aromatic N) is 1. The normalized spacial score (nSPS) is 21.5. The van der Waals surface area contributed by atoms with Crippen LogP contribution in [0.15, 0.2) is 0 Å². The summed E-state index contributed by atoms with van der Waals surface area (Å²) in [5, 5.41) is 2.25. The number of aldehydes is 1. The summed E-state index contributed by atoms with van der Waals surface area (Å²) in [5.74, 6) is 0. The fourth-order valence-corrected chi connectivity index (χ4v) is 0.987. The van der Waals surface area contributed by atoms with Crippen molar-refractivity contribution in [1.29, 1.82) is 0 Å². The van der Waals surface area contributed by atoms with Crippen LogP contribution in [0.3, 0.4) is 0 Å². The van der Waals surface area contributed by atoms with Crippen LogP contribution in [0.1, 0.15) is 6.92 Å². The molecule has 1 aliphatic rings. The van der Waals surface area contributed by atoms with E-state index in [1.54, 1.807) is 7.05 Å². The number of likely N-dealkylation sites (N-methyl/N-ethyl adjacent to an activating group) is 1. The number of rotatable bonds is 3. The zero-order valence-corrected chi connectivity index (χ0v) is 8.03. The van der Waals surface area contributed by atoms with E-state index in [2.05, 4.69) is 5.32 Å². The maximum Gasteiger partial charge on any atom is 0.206 e. The molecule has 1 aliphatic heterocycles. The summed E-state index contributed by atoms with van der Waals surface area (Å²) in [7, 11) is 1.56. The Hall–Kier alpha value is -0.940. The minimum atomic E-state index is -0.269. The Morgan fingerprint density at radius 1 is 1.62 bits per heavy atom. The molecule has 0 aromatic heterocycles. The van der Waals surface area contributed by atoms with E-state index >= 15 is 0 Å². The van der Waals surface area contributed by atoms with Crippen molar-refractivity contribution < 1.29 is 14.3 Å². The van der Waals surface area contributed by atoms with Crippen LogP contribution in [-0.2, 0) is 14.3 Å². The monoisotopic (exact) mass is 188 g/mol. The smallest absolute Gasteiger partial charge is 0.206 e. The Bertz CT molecular complexity index is 152. The molecule has 1 unspecified atom stereocenters. The van der Waals surface area contributed by atoms with E-state index in [1.807, 2.05) is 11.8 Å². The SMILES string of the molecule is CCN1CCOC1C=O.CNC=O. The Morgan fingerprint density at radius 2 is 2.23 bits per heavy atom. The highest BCUT2D eigenvalue weighted by Gasteiger charge is 2.21. The summed E-state index contributed by atoms with van der Waals surface area (Å²) in [6.07, 6.45) is 1.20. The molecule has 5 heteroatoms. The van der Waals surface area contributed by atoms with E-state index in [1.165, 1.54) is 0 Å². The number of hydrogen-bond donors (Lipinski definition) is 1. The maximum absolute atomic E-state index is 10.2. The molecule has 1 saturated heterocycles. The number of carbonyl (C=O) groups is 2. The van der Waals surface area contributed by atoms with Gasteiger partial charge in [0.2, 0.25) is 6.41 Å². The lowest BCUT2D eigenvalue weighted by molar-refractivity contribution is -0.121. The van der Waals surface area contributed by atoms with Crippen molar-refractivity contribution in [2.45, 2.75) is 13.2 Å². The molecule has 1 fully saturated rings. The maximum atomic E-state index is 10.2. The van der Waals surface area contributed by atoms with Crippen LogP contribution in [0.2, 0.25) is 0 Å². The second kappa shape index (κ2) is 7.70. The number of ether oxygens (including phenoxy) is 1. The van der Waals surface area contributed by atoms with Crippen LogP contribution >= 0.6 is 0 Å². The standard InChI is InChI=1S/C6H11NO2.C2H5NO/c1-2-7-3-4-9-6(7)5-8;1-3-2-4/h5-6H,2-4H2,1H3;2H,1H3,(H,3,4). The van der Waals surface area contributed by atoms with Gasteiger partial charge in [0.25, 0.3) is 0 Å². The Balaban J connectivity index is 0.000000310. The highest BCUT2D eigenvalue weighted by molar-refractivity contribution is 5.55. The van der Waals surface area contributed by atoms with Gasteiger partial charge in [0, 0.05) is 13.6 Å². The first-order chi connectivity index (χ1) is 6.29. The van der Waals surface area contributed by atoms with Gasteiger partial charge in [-0.05, 0) is 6.54 Å². The molecule has 76 valence electrons. The van der Waals surface area contributed by atoms with Gasteiger partial charge in [-0.25, -0.2) is 0 Å². The van der Waals surface area contributed by atoms with Crippen LogP contribution in [0.25, 0.3) is 0 Å². The fraction of sp³-hybridized carbons (Fsp3) is 0.750. The van der Waals surface area contributed by atoms with Crippen molar-refractivity contribution in [3.8, 4) is 0 Å².